The number of hydrogen-bond donors (Lipinski definition) is 4. The first-order chi connectivity index (χ1) is 13.2. The minimum Gasteiger partial charge on any atom is -0.349 e. The fourth-order valence-corrected chi connectivity index (χ4v) is 3.90. The summed E-state index contributed by atoms with van der Waals surface area (Å²) in [6, 6.07) is 16.8. The van der Waals surface area contributed by atoms with Crippen molar-refractivity contribution in [3.8, 4) is 0 Å². The van der Waals surface area contributed by atoms with Gasteiger partial charge in [0.05, 0.1) is 0 Å². The highest BCUT2D eigenvalue weighted by molar-refractivity contribution is 6.04. The molecule has 6 heteroatoms. The number of hydrogen-bond acceptors (Lipinski definition) is 4. The third-order valence-electron chi connectivity index (χ3n) is 5.41. The van der Waals surface area contributed by atoms with Crippen molar-refractivity contribution in [2.75, 3.05) is 11.9 Å². The Kier molecular flexibility index (Phi) is 5.18. The lowest BCUT2D eigenvalue weighted by atomic mass is 9.83. The van der Waals surface area contributed by atoms with Crippen molar-refractivity contribution in [2.45, 2.75) is 31.3 Å². The summed E-state index contributed by atoms with van der Waals surface area (Å²) in [5, 5.41) is 6.00. The van der Waals surface area contributed by atoms with E-state index in [1.165, 1.54) is 0 Å². The second-order valence-corrected chi connectivity index (χ2v) is 7.27. The Morgan fingerprint density at radius 1 is 0.889 bits per heavy atom. The predicted molar refractivity (Wildman–Crippen MR) is 104 cm³/mol. The van der Waals surface area contributed by atoms with Gasteiger partial charge in [-0.05, 0) is 61.6 Å². The Hall–Kier alpha value is -2.70. The smallest absolute Gasteiger partial charge is 0.255 e. The van der Waals surface area contributed by atoms with Gasteiger partial charge < -0.3 is 10.6 Å². The van der Waals surface area contributed by atoms with Crippen LogP contribution < -0.4 is 21.5 Å². The van der Waals surface area contributed by atoms with Gasteiger partial charge in [0.1, 0.15) is 0 Å². The third kappa shape index (κ3) is 4.18. The number of anilines is 1. The molecule has 27 heavy (non-hydrogen) atoms. The predicted octanol–water partition coefficient (Wildman–Crippen LogP) is 2.31. The van der Waals surface area contributed by atoms with Crippen LogP contribution in [0.2, 0.25) is 0 Å². The van der Waals surface area contributed by atoms with Gasteiger partial charge in [0.2, 0.25) is 0 Å². The monoisotopic (exact) mass is 364 g/mol. The van der Waals surface area contributed by atoms with Crippen molar-refractivity contribution in [3.63, 3.8) is 0 Å². The summed E-state index contributed by atoms with van der Waals surface area (Å²) in [4.78, 5) is 24.7. The maximum absolute atomic E-state index is 12.5. The number of fused-ring (bicyclic) bond motifs is 1. The van der Waals surface area contributed by atoms with Gasteiger partial charge in [0.15, 0.2) is 0 Å². The molecule has 4 rings (SSSR count). The fraction of sp³-hybridized carbons (Fsp3) is 0.333. The summed E-state index contributed by atoms with van der Waals surface area (Å²) in [5.41, 5.74) is 8.39. The van der Waals surface area contributed by atoms with Gasteiger partial charge in [-0.3, -0.25) is 20.4 Å². The Morgan fingerprint density at radius 2 is 1.63 bits per heavy atom. The molecule has 0 spiro atoms. The van der Waals surface area contributed by atoms with Crippen molar-refractivity contribution in [1.82, 2.24) is 16.2 Å². The van der Waals surface area contributed by atoms with E-state index < -0.39 is 0 Å². The third-order valence-corrected chi connectivity index (χ3v) is 5.41. The minimum atomic E-state index is -0.164. The number of rotatable bonds is 4. The normalized spacial score (nSPS) is 24.1. The van der Waals surface area contributed by atoms with Gasteiger partial charge in [0, 0.05) is 35.4 Å². The Morgan fingerprint density at radius 3 is 2.41 bits per heavy atom. The van der Waals surface area contributed by atoms with Crippen LogP contribution in [0.15, 0.2) is 54.6 Å². The van der Waals surface area contributed by atoms with E-state index in [-0.39, 0.29) is 17.9 Å². The largest absolute Gasteiger partial charge is 0.349 e. The summed E-state index contributed by atoms with van der Waals surface area (Å²) < 4.78 is 0. The number of carbonyl (C=O) groups is 2. The van der Waals surface area contributed by atoms with Crippen LogP contribution in [0.1, 0.15) is 40.0 Å². The molecule has 0 radical (unpaired) electrons. The van der Waals surface area contributed by atoms with Crippen molar-refractivity contribution in [1.29, 1.82) is 0 Å². The van der Waals surface area contributed by atoms with E-state index in [2.05, 4.69) is 21.5 Å². The van der Waals surface area contributed by atoms with E-state index in [1.807, 2.05) is 18.2 Å². The first-order valence-corrected chi connectivity index (χ1v) is 9.45. The fourth-order valence-electron chi connectivity index (χ4n) is 3.90. The number of carbonyl (C=O) groups excluding carboxylic acids is 2. The SMILES string of the molecule is O=C(Nc1ccc(C(=O)NC2CCC3NNCC3C2)cc1)c1ccccc1. The van der Waals surface area contributed by atoms with Crippen LogP contribution in [0.3, 0.4) is 0 Å². The van der Waals surface area contributed by atoms with Gasteiger partial charge >= 0.3 is 0 Å². The van der Waals surface area contributed by atoms with Crippen molar-refractivity contribution in [3.05, 3.63) is 65.7 Å². The summed E-state index contributed by atoms with van der Waals surface area (Å²) in [5.74, 6) is 0.362. The quantitative estimate of drug-likeness (QED) is 0.671. The maximum atomic E-state index is 12.5. The average molecular weight is 364 g/mol. The molecule has 140 valence electrons. The molecule has 3 atom stereocenters. The van der Waals surface area contributed by atoms with Gasteiger partial charge in [-0.15, -0.1) is 0 Å². The minimum absolute atomic E-state index is 0.0571. The molecule has 2 aliphatic rings. The first kappa shape index (κ1) is 17.7. The number of nitrogens with one attached hydrogen (secondary N) is 4. The standard InChI is InChI=1S/C21H24N4O2/c26-20(14-4-2-1-3-5-14)23-17-8-6-15(7-9-17)21(27)24-18-10-11-19-16(12-18)13-22-25-19/h1-9,16,18-19,22,25H,10-13H2,(H,23,26)(H,24,27). The molecule has 4 N–H and O–H groups in total. The second kappa shape index (κ2) is 7.90. The van der Waals surface area contributed by atoms with E-state index >= 15 is 0 Å². The second-order valence-electron chi connectivity index (χ2n) is 7.27. The molecule has 2 aromatic rings. The molecule has 2 fully saturated rings. The molecule has 0 bridgehead atoms. The van der Waals surface area contributed by atoms with Crippen LogP contribution in [0.25, 0.3) is 0 Å². The van der Waals surface area contributed by atoms with Gasteiger partial charge in [0.25, 0.3) is 11.8 Å². The van der Waals surface area contributed by atoms with E-state index in [9.17, 15) is 9.59 Å². The van der Waals surface area contributed by atoms with Crippen LogP contribution in [-0.4, -0.2) is 30.4 Å². The Bertz CT molecular complexity index is 807. The summed E-state index contributed by atoms with van der Waals surface area (Å²) in [7, 11) is 0. The molecule has 0 aromatic heterocycles. The molecule has 1 saturated heterocycles. The number of amides is 2. The highest BCUT2D eigenvalue weighted by atomic mass is 16.2. The van der Waals surface area contributed by atoms with E-state index in [0.717, 1.165) is 25.8 Å². The van der Waals surface area contributed by atoms with Crippen LogP contribution in [-0.2, 0) is 0 Å². The summed E-state index contributed by atoms with van der Waals surface area (Å²) >= 11 is 0. The molecule has 1 saturated carbocycles. The zero-order valence-electron chi connectivity index (χ0n) is 15.1. The number of benzene rings is 2. The molecular weight excluding hydrogens is 340 g/mol. The Labute approximate surface area is 158 Å². The van der Waals surface area contributed by atoms with Gasteiger partial charge in [-0.1, -0.05) is 18.2 Å². The molecular formula is C21H24N4O2. The van der Waals surface area contributed by atoms with Gasteiger partial charge in [-0.2, -0.15) is 0 Å². The topological polar surface area (TPSA) is 82.3 Å². The van der Waals surface area contributed by atoms with E-state index in [0.29, 0.717) is 28.8 Å². The van der Waals surface area contributed by atoms with Crippen LogP contribution in [0.5, 0.6) is 0 Å². The molecule has 3 unspecified atom stereocenters. The summed E-state index contributed by atoms with van der Waals surface area (Å²) in [6.45, 7) is 0.965. The Balaban J connectivity index is 1.33. The van der Waals surface area contributed by atoms with Crippen LogP contribution >= 0.6 is 0 Å². The molecule has 2 amide bonds. The van der Waals surface area contributed by atoms with Gasteiger partial charge in [-0.25, -0.2) is 0 Å². The lowest BCUT2D eigenvalue weighted by Crippen LogP contribution is -2.44. The highest BCUT2D eigenvalue weighted by Crippen LogP contribution is 2.26. The van der Waals surface area contributed by atoms with E-state index in [4.69, 9.17) is 0 Å². The average Bonchev–Trinajstić information content (AvgIpc) is 3.17. The number of hydrazine groups is 1. The molecule has 2 aromatic carbocycles. The molecule has 1 aliphatic heterocycles. The lowest BCUT2D eigenvalue weighted by Gasteiger charge is -2.31. The van der Waals surface area contributed by atoms with Crippen molar-refractivity contribution in [2.24, 2.45) is 5.92 Å². The maximum Gasteiger partial charge on any atom is 0.255 e. The van der Waals surface area contributed by atoms with Crippen molar-refractivity contribution >= 4 is 17.5 Å². The molecule has 6 nitrogen and oxygen atoms in total. The van der Waals surface area contributed by atoms with E-state index in [1.54, 1.807) is 36.4 Å². The lowest BCUT2D eigenvalue weighted by molar-refractivity contribution is 0.0918. The first-order valence-electron chi connectivity index (χ1n) is 9.45. The molecule has 1 heterocycles. The summed E-state index contributed by atoms with van der Waals surface area (Å²) in [6.07, 6.45) is 3.07. The van der Waals surface area contributed by atoms with Crippen LogP contribution in [0.4, 0.5) is 5.69 Å². The molecule has 1 aliphatic carbocycles. The highest BCUT2D eigenvalue weighted by Gasteiger charge is 2.34. The zero-order chi connectivity index (χ0) is 18.6. The van der Waals surface area contributed by atoms with Crippen molar-refractivity contribution < 1.29 is 9.59 Å². The zero-order valence-corrected chi connectivity index (χ0v) is 15.1. The van der Waals surface area contributed by atoms with Crippen LogP contribution in [0, 0.1) is 5.92 Å².